The molecule has 134 valence electrons. The number of hydroxylamine groups is 2. The number of carbonyl (C=O) groups excluding carboxylic acids is 3. The molecule has 1 aliphatic rings. The van der Waals surface area contributed by atoms with E-state index in [0.717, 1.165) is 5.56 Å². The summed E-state index contributed by atoms with van der Waals surface area (Å²) in [5, 5.41) is 8.22. The molecule has 0 atom stereocenters. The maximum Gasteiger partial charge on any atom is 0.385 e. The fraction of sp³-hybridized carbons (Fsp3) is 0.111. The van der Waals surface area contributed by atoms with Gasteiger partial charge in [-0.05, 0) is 36.8 Å². The molecule has 0 fully saturated rings. The molecule has 2 amide bonds. The molecule has 1 aromatic carbocycles. The largest absolute Gasteiger partial charge is 0.385 e. The van der Waals surface area contributed by atoms with Crippen molar-refractivity contribution < 1.29 is 19.2 Å². The molecule has 0 spiro atoms. The van der Waals surface area contributed by atoms with Gasteiger partial charge >= 0.3 is 5.97 Å². The Bertz CT molecular complexity index is 1030. The lowest BCUT2D eigenvalue weighted by molar-refractivity contribution is -0.0589. The Morgan fingerprint density at radius 1 is 1.04 bits per heavy atom. The lowest BCUT2D eigenvalue weighted by Crippen LogP contribution is -2.33. The summed E-state index contributed by atoms with van der Waals surface area (Å²) < 4.78 is 1.52. The smallest absolute Gasteiger partial charge is 0.322 e. The van der Waals surface area contributed by atoms with Crippen LogP contribution in [0.5, 0.6) is 0 Å². The predicted molar refractivity (Wildman–Crippen MR) is 90.5 cm³/mol. The molecule has 27 heavy (non-hydrogen) atoms. The van der Waals surface area contributed by atoms with Gasteiger partial charge in [0.1, 0.15) is 0 Å². The van der Waals surface area contributed by atoms with E-state index < -0.39 is 17.8 Å². The first-order valence-corrected chi connectivity index (χ1v) is 8.05. The maximum absolute atomic E-state index is 12.4. The van der Waals surface area contributed by atoms with Gasteiger partial charge in [-0.15, -0.1) is 5.10 Å². The van der Waals surface area contributed by atoms with Crippen LogP contribution < -0.4 is 0 Å². The molecule has 3 aromatic rings. The Labute approximate surface area is 153 Å². The van der Waals surface area contributed by atoms with Gasteiger partial charge in [-0.3, -0.25) is 14.6 Å². The first-order valence-electron chi connectivity index (χ1n) is 8.05. The van der Waals surface area contributed by atoms with Gasteiger partial charge in [0.25, 0.3) is 11.8 Å². The average molecular weight is 363 g/mol. The summed E-state index contributed by atoms with van der Waals surface area (Å²) in [6, 6.07) is 9.89. The molecule has 0 N–H and O–H groups in total. The third-order valence-corrected chi connectivity index (χ3v) is 4.19. The molecule has 0 saturated carbocycles. The molecular formula is C18H13N5O4. The summed E-state index contributed by atoms with van der Waals surface area (Å²) in [5.74, 6) is -2.31. The Hall–Kier alpha value is -3.88. The first-order chi connectivity index (χ1) is 13.1. The zero-order valence-corrected chi connectivity index (χ0v) is 14.2. The predicted octanol–water partition coefficient (Wildman–Crippen LogP) is 1.40. The van der Waals surface area contributed by atoms with E-state index in [9.17, 15) is 14.4 Å². The number of hydrogen-bond donors (Lipinski definition) is 0. The quantitative estimate of drug-likeness (QED) is 0.645. The Balaban J connectivity index is 1.53. The van der Waals surface area contributed by atoms with Crippen molar-refractivity contribution in [2.45, 2.75) is 13.5 Å². The van der Waals surface area contributed by atoms with Gasteiger partial charge in [0.05, 0.1) is 23.4 Å². The molecule has 0 unspecified atom stereocenters. The van der Waals surface area contributed by atoms with E-state index in [1.165, 1.54) is 16.8 Å². The summed E-state index contributed by atoms with van der Waals surface area (Å²) in [5.41, 5.74) is 1.69. The molecule has 0 saturated heterocycles. The van der Waals surface area contributed by atoms with E-state index in [-0.39, 0.29) is 16.8 Å². The lowest BCUT2D eigenvalue weighted by Gasteiger charge is -2.11. The fourth-order valence-electron chi connectivity index (χ4n) is 2.74. The summed E-state index contributed by atoms with van der Waals surface area (Å²) in [6.45, 7) is 2.04. The molecule has 0 radical (unpaired) electrons. The average Bonchev–Trinajstić information content (AvgIpc) is 3.16. The third-order valence-electron chi connectivity index (χ3n) is 4.19. The van der Waals surface area contributed by atoms with Crippen LogP contribution in [0.4, 0.5) is 0 Å². The van der Waals surface area contributed by atoms with Gasteiger partial charge in [0.2, 0.25) is 0 Å². The third kappa shape index (κ3) is 2.84. The zero-order chi connectivity index (χ0) is 19.0. The highest BCUT2D eigenvalue weighted by Crippen LogP contribution is 2.23. The van der Waals surface area contributed by atoms with E-state index in [4.69, 9.17) is 4.84 Å². The molecule has 9 heteroatoms. The van der Waals surface area contributed by atoms with E-state index in [2.05, 4.69) is 15.3 Å². The van der Waals surface area contributed by atoms with Gasteiger partial charge < -0.3 is 4.84 Å². The van der Waals surface area contributed by atoms with E-state index in [1.54, 1.807) is 31.5 Å². The van der Waals surface area contributed by atoms with Gasteiger partial charge in [-0.25, -0.2) is 9.48 Å². The summed E-state index contributed by atoms with van der Waals surface area (Å²) in [7, 11) is 0. The standard InChI is InChI=1S/C18H13N5O4/c1-11-15(20-21-22(11)10-12-6-8-19-9-7-12)18(26)27-23-16(24)13-4-2-3-5-14(13)17(23)25/h2-9H,10H2,1H3. The summed E-state index contributed by atoms with van der Waals surface area (Å²) in [6.07, 6.45) is 3.30. The van der Waals surface area contributed by atoms with Crippen molar-refractivity contribution in [3.63, 3.8) is 0 Å². The van der Waals surface area contributed by atoms with Crippen LogP contribution in [0.25, 0.3) is 0 Å². The van der Waals surface area contributed by atoms with Crippen molar-refractivity contribution in [2.75, 3.05) is 0 Å². The number of pyridine rings is 1. The van der Waals surface area contributed by atoms with E-state index >= 15 is 0 Å². The van der Waals surface area contributed by atoms with Crippen LogP contribution in [0, 0.1) is 6.92 Å². The molecule has 9 nitrogen and oxygen atoms in total. The van der Waals surface area contributed by atoms with Gasteiger partial charge in [-0.1, -0.05) is 22.4 Å². The molecule has 0 aliphatic carbocycles. The lowest BCUT2D eigenvalue weighted by atomic mass is 10.1. The second-order valence-corrected chi connectivity index (χ2v) is 5.87. The normalized spacial score (nSPS) is 13.0. The van der Waals surface area contributed by atoms with Crippen molar-refractivity contribution >= 4 is 17.8 Å². The number of fused-ring (bicyclic) bond motifs is 1. The number of rotatable bonds is 4. The highest BCUT2D eigenvalue weighted by Gasteiger charge is 2.39. The van der Waals surface area contributed by atoms with Gasteiger partial charge in [-0.2, -0.15) is 0 Å². The Morgan fingerprint density at radius 3 is 2.30 bits per heavy atom. The van der Waals surface area contributed by atoms with Crippen molar-refractivity contribution in [1.29, 1.82) is 0 Å². The number of amides is 2. The van der Waals surface area contributed by atoms with Crippen LogP contribution in [0.1, 0.15) is 42.5 Å². The Kier molecular flexibility index (Phi) is 3.96. The number of hydrogen-bond acceptors (Lipinski definition) is 7. The highest BCUT2D eigenvalue weighted by atomic mass is 16.7. The summed E-state index contributed by atoms with van der Waals surface area (Å²) >= 11 is 0. The van der Waals surface area contributed by atoms with Crippen LogP contribution in [0.2, 0.25) is 0 Å². The fourth-order valence-corrected chi connectivity index (χ4v) is 2.74. The monoisotopic (exact) mass is 363 g/mol. The first kappa shape index (κ1) is 16.6. The maximum atomic E-state index is 12.4. The van der Waals surface area contributed by atoms with Crippen molar-refractivity contribution in [3.05, 3.63) is 76.9 Å². The number of benzene rings is 1. The van der Waals surface area contributed by atoms with E-state index in [0.29, 0.717) is 17.3 Å². The highest BCUT2D eigenvalue weighted by molar-refractivity contribution is 6.21. The second kappa shape index (κ2) is 6.45. The topological polar surface area (TPSA) is 107 Å². The van der Waals surface area contributed by atoms with Crippen molar-refractivity contribution in [2.24, 2.45) is 0 Å². The van der Waals surface area contributed by atoms with Crippen LogP contribution in [-0.2, 0) is 11.4 Å². The SMILES string of the molecule is Cc1c(C(=O)ON2C(=O)c3ccccc3C2=O)nnn1Cc1ccncc1. The van der Waals surface area contributed by atoms with Crippen molar-refractivity contribution in [3.8, 4) is 0 Å². The minimum atomic E-state index is -0.928. The molecule has 3 heterocycles. The van der Waals surface area contributed by atoms with E-state index in [1.807, 2.05) is 12.1 Å². The molecule has 0 bridgehead atoms. The minimum absolute atomic E-state index is 0.0689. The molecule has 2 aromatic heterocycles. The zero-order valence-electron chi connectivity index (χ0n) is 14.2. The van der Waals surface area contributed by atoms with Crippen LogP contribution >= 0.6 is 0 Å². The number of nitrogens with zero attached hydrogens (tertiary/aromatic N) is 5. The van der Waals surface area contributed by atoms with Crippen LogP contribution in [-0.4, -0.2) is 42.8 Å². The summed E-state index contributed by atoms with van der Waals surface area (Å²) in [4.78, 5) is 46.0. The molecule has 1 aliphatic heterocycles. The van der Waals surface area contributed by atoms with Crippen molar-refractivity contribution in [1.82, 2.24) is 25.0 Å². The van der Waals surface area contributed by atoms with Gasteiger partial charge in [0.15, 0.2) is 5.69 Å². The minimum Gasteiger partial charge on any atom is -0.322 e. The number of carbonyl (C=O) groups is 3. The van der Waals surface area contributed by atoms with Crippen LogP contribution in [0.3, 0.4) is 0 Å². The molecule has 4 rings (SSSR count). The molecular weight excluding hydrogens is 350 g/mol. The Morgan fingerprint density at radius 2 is 1.67 bits per heavy atom. The van der Waals surface area contributed by atoms with Gasteiger partial charge in [0, 0.05) is 12.4 Å². The van der Waals surface area contributed by atoms with Crippen LogP contribution in [0.15, 0.2) is 48.8 Å². The number of aromatic nitrogens is 4. The number of imide groups is 1. The second-order valence-electron chi connectivity index (χ2n) is 5.87.